The van der Waals surface area contributed by atoms with Crippen molar-refractivity contribution in [1.82, 2.24) is 14.4 Å². The zero-order valence-electron chi connectivity index (χ0n) is 26.1. The van der Waals surface area contributed by atoms with Crippen LogP contribution in [0, 0.1) is 0 Å². The molecule has 2 aliphatic heterocycles. The molecule has 5 aromatic heterocycles. The van der Waals surface area contributed by atoms with Crippen LogP contribution in [0.25, 0.3) is 48.4 Å². The molecule has 0 unspecified atom stereocenters. The van der Waals surface area contributed by atoms with Crippen molar-refractivity contribution in [3.05, 3.63) is 146 Å². The number of fused-ring (bicyclic) bond motifs is 12. The van der Waals surface area contributed by atoms with Crippen LogP contribution >= 0.6 is 11.3 Å². The average molecular weight is 642 g/mol. The molecular weight excluding hydrogens is 617 g/mol. The average Bonchev–Trinajstić information content (AvgIpc) is 3.82. The van der Waals surface area contributed by atoms with Crippen LogP contribution in [0.1, 0.15) is 0 Å². The minimum atomic E-state index is 0.0522. The summed E-state index contributed by atoms with van der Waals surface area (Å²) in [6, 6.07) is 48.6. The van der Waals surface area contributed by atoms with Crippen LogP contribution in [-0.2, 0) is 0 Å². The molecule has 226 valence electrons. The van der Waals surface area contributed by atoms with Gasteiger partial charge in [0, 0.05) is 66.5 Å². The Morgan fingerprint density at radius 1 is 0.531 bits per heavy atom. The van der Waals surface area contributed by atoms with Gasteiger partial charge in [-0.2, -0.15) is 0 Å². The zero-order chi connectivity index (χ0) is 31.8. The summed E-state index contributed by atoms with van der Waals surface area (Å²) in [5, 5.41) is 3.60. The van der Waals surface area contributed by atoms with Gasteiger partial charge in [0.2, 0.25) is 0 Å². The third kappa shape index (κ3) is 3.21. The molecule has 0 spiro atoms. The van der Waals surface area contributed by atoms with Gasteiger partial charge in [-0.15, -0.1) is 11.3 Å². The Hall–Kier alpha value is -6.18. The number of hydrogen-bond donors (Lipinski definition) is 0. The van der Waals surface area contributed by atoms with Crippen molar-refractivity contribution in [2.24, 2.45) is 0 Å². The molecule has 0 aliphatic carbocycles. The largest absolute Gasteiger partial charge is 0.311 e. The van der Waals surface area contributed by atoms with Crippen LogP contribution in [0.5, 0.6) is 0 Å². The number of pyridine rings is 2. The van der Waals surface area contributed by atoms with E-state index in [1.54, 1.807) is 0 Å². The molecule has 0 amide bonds. The van der Waals surface area contributed by atoms with Gasteiger partial charge in [-0.3, -0.25) is 9.97 Å². The first-order chi connectivity index (χ1) is 24.3. The molecule has 7 heterocycles. The van der Waals surface area contributed by atoms with Gasteiger partial charge in [0.15, 0.2) is 0 Å². The molecule has 10 aromatic rings. The summed E-state index contributed by atoms with van der Waals surface area (Å²) in [5.74, 6) is 0. The first-order valence-corrected chi connectivity index (χ1v) is 17.4. The van der Waals surface area contributed by atoms with Crippen molar-refractivity contribution in [1.29, 1.82) is 0 Å². The van der Waals surface area contributed by atoms with Crippen LogP contribution in [0.2, 0.25) is 0 Å². The zero-order valence-corrected chi connectivity index (χ0v) is 26.9. The summed E-state index contributed by atoms with van der Waals surface area (Å²) in [6.45, 7) is 0.0522. The third-order valence-electron chi connectivity index (χ3n) is 10.6. The van der Waals surface area contributed by atoms with Crippen molar-refractivity contribution >= 4 is 116 Å². The Balaban J connectivity index is 1.26. The van der Waals surface area contributed by atoms with E-state index in [4.69, 9.17) is 9.97 Å². The predicted octanol–water partition coefficient (Wildman–Crippen LogP) is 8.92. The van der Waals surface area contributed by atoms with Crippen LogP contribution in [0.3, 0.4) is 0 Å². The van der Waals surface area contributed by atoms with Crippen molar-refractivity contribution in [2.45, 2.75) is 0 Å². The third-order valence-corrected chi connectivity index (χ3v) is 11.8. The van der Waals surface area contributed by atoms with E-state index in [9.17, 15) is 0 Å². The maximum absolute atomic E-state index is 5.03. The highest BCUT2D eigenvalue weighted by molar-refractivity contribution is 7.33. The maximum atomic E-state index is 5.03. The molecule has 2 aliphatic rings. The van der Waals surface area contributed by atoms with E-state index in [1.807, 2.05) is 29.8 Å². The van der Waals surface area contributed by atoms with E-state index >= 15 is 0 Å². The highest BCUT2D eigenvalue weighted by Crippen LogP contribution is 2.48. The molecule has 0 fully saturated rings. The van der Waals surface area contributed by atoms with Crippen molar-refractivity contribution in [3.63, 3.8) is 0 Å². The number of rotatable bonds is 2. The number of aromatic nitrogens is 3. The Labute approximate surface area is 285 Å². The molecular formula is C42H24BN5S. The Morgan fingerprint density at radius 3 is 2.10 bits per heavy atom. The number of anilines is 6. The van der Waals surface area contributed by atoms with Gasteiger partial charge in [0.1, 0.15) is 0 Å². The van der Waals surface area contributed by atoms with E-state index in [0.29, 0.717) is 0 Å². The van der Waals surface area contributed by atoms with E-state index in [-0.39, 0.29) is 6.71 Å². The maximum Gasteiger partial charge on any atom is 0.264 e. The van der Waals surface area contributed by atoms with Crippen molar-refractivity contribution < 1.29 is 0 Å². The molecule has 0 bridgehead atoms. The Bertz CT molecular complexity index is 2970. The summed E-state index contributed by atoms with van der Waals surface area (Å²) in [6.07, 6.45) is 3.83. The molecule has 0 saturated carbocycles. The summed E-state index contributed by atoms with van der Waals surface area (Å²) in [5.41, 5.74) is 15.3. The fourth-order valence-corrected chi connectivity index (χ4v) is 10.0. The van der Waals surface area contributed by atoms with Crippen LogP contribution in [0.4, 0.5) is 34.1 Å². The van der Waals surface area contributed by atoms with Gasteiger partial charge in [0.05, 0.1) is 33.3 Å². The molecule has 12 rings (SSSR count). The normalized spacial score (nSPS) is 13.6. The first-order valence-electron chi connectivity index (χ1n) is 16.6. The molecule has 7 heteroatoms. The fourth-order valence-electron chi connectivity index (χ4n) is 8.70. The van der Waals surface area contributed by atoms with Crippen LogP contribution in [-0.4, -0.2) is 21.1 Å². The second kappa shape index (κ2) is 9.25. The number of para-hydroxylation sites is 2. The Kier molecular flexibility index (Phi) is 4.88. The van der Waals surface area contributed by atoms with E-state index in [1.165, 1.54) is 59.6 Å². The highest BCUT2D eigenvalue weighted by atomic mass is 32.1. The van der Waals surface area contributed by atoms with Crippen LogP contribution in [0.15, 0.2) is 146 Å². The van der Waals surface area contributed by atoms with E-state index < -0.39 is 0 Å². The van der Waals surface area contributed by atoms with Crippen molar-refractivity contribution in [3.8, 4) is 0 Å². The SMILES string of the molecule is c1ccc(N2c3cc4c(cc3B3c5sc6ccccc6c5N(c5ccccc5)c5cccc2c53)c2nccc3c5ncccc5n4c32)cc1. The minimum Gasteiger partial charge on any atom is -0.311 e. The lowest BCUT2D eigenvalue weighted by Gasteiger charge is -2.43. The number of nitrogens with zero attached hydrogens (tertiary/aromatic N) is 5. The fraction of sp³-hybridized carbons (Fsp3) is 0. The van der Waals surface area contributed by atoms with E-state index in [2.05, 4.69) is 142 Å². The topological polar surface area (TPSA) is 36.7 Å². The molecule has 5 nitrogen and oxygen atoms in total. The predicted molar refractivity (Wildman–Crippen MR) is 206 cm³/mol. The van der Waals surface area contributed by atoms with Gasteiger partial charge < -0.3 is 14.2 Å². The molecule has 0 radical (unpaired) electrons. The van der Waals surface area contributed by atoms with Gasteiger partial charge in [-0.05, 0) is 77.7 Å². The summed E-state index contributed by atoms with van der Waals surface area (Å²) in [7, 11) is 0. The second-order valence-electron chi connectivity index (χ2n) is 13.0. The monoisotopic (exact) mass is 641 g/mol. The number of hydrogen-bond acceptors (Lipinski definition) is 5. The first kappa shape index (κ1) is 25.9. The molecule has 49 heavy (non-hydrogen) atoms. The number of thiophene rings is 1. The summed E-state index contributed by atoms with van der Waals surface area (Å²) >= 11 is 1.93. The highest BCUT2D eigenvalue weighted by Gasteiger charge is 2.45. The Morgan fingerprint density at radius 2 is 1.27 bits per heavy atom. The van der Waals surface area contributed by atoms with Crippen molar-refractivity contribution in [2.75, 3.05) is 9.80 Å². The second-order valence-corrected chi connectivity index (χ2v) is 14.1. The lowest BCUT2D eigenvalue weighted by Crippen LogP contribution is -2.60. The van der Waals surface area contributed by atoms with Gasteiger partial charge in [0.25, 0.3) is 6.71 Å². The minimum absolute atomic E-state index is 0.0522. The molecule has 0 N–H and O–H groups in total. The quantitative estimate of drug-likeness (QED) is 0.177. The molecule has 0 atom stereocenters. The van der Waals surface area contributed by atoms with Crippen LogP contribution < -0.4 is 25.5 Å². The smallest absolute Gasteiger partial charge is 0.264 e. The standard InChI is InChI=1S/C42H24BN5S/c1-3-11-25(12-4-1)46-31-16-9-17-32-37(31)43(42-41(27-15-7-8-19-36(27)49-42)47(32)26-13-5-2-6-14-26)30-23-29-34(24-35(30)46)48-33-18-10-21-44-38(33)28-20-22-45-39(29)40(28)48/h1-24H. The van der Waals surface area contributed by atoms with E-state index in [0.717, 1.165) is 38.7 Å². The molecule has 5 aromatic carbocycles. The lowest BCUT2D eigenvalue weighted by molar-refractivity contribution is 1.26. The van der Waals surface area contributed by atoms with Gasteiger partial charge in [-0.25, -0.2) is 0 Å². The summed E-state index contributed by atoms with van der Waals surface area (Å²) in [4.78, 5) is 14.8. The van der Waals surface area contributed by atoms with Gasteiger partial charge >= 0.3 is 0 Å². The lowest BCUT2D eigenvalue weighted by atomic mass is 9.36. The van der Waals surface area contributed by atoms with Gasteiger partial charge in [-0.1, -0.05) is 66.7 Å². The number of benzene rings is 5. The molecule has 0 saturated heterocycles. The summed E-state index contributed by atoms with van der Waals surface area (Å²) < 4.78 is 5.06.